The molecule has 0 aliphatic heterocycles. The van der Waals surface area contributed by atoms with Crippen LogP contribution in [0.1, 0.15) is 12.0 Å². The van der Waals surface area contributed by atoms with E-state index in [0.717, 1.165) is 19.5 Å². The Morgan fingerprint density at radius 2 is 1.67 bits per heavy atom. The summed E-state index contributed by atoms with van der Waals surface area (Å²) in [6.45, 7) is 2.61. The van der Waals surface area contributed by atoms with Gasteiger partial charge >= 0.3 is 0 Å². The van der Waals surface area contributed by atoms with Gasteiger partial charge in [0.1, 0.15) is 18.1 Å². The minimum atomic E-state index is -3.23. The van der Waals surface area contributed by atoms with Gasteiger partial charge in [0, 0.05) is 19.3 Å². The lowest BCUT2D eigenvalue weighted by atomic mass is 10.2. The van der Waals surface area contributed by atoms with Crippen molar-refractivity contribution in [2.75, 3.05) is 39.6 Å². The van der Waals surface area contributed by atoms with Crippen molar-refractivity contribution in [3.63, 3.8) is 0 Å². The molecule has 0 radical (unpaired) electrons. The molecule has 0 amide bonds. The fraction of sp³-hybridized carbons (Fsp3) is 0.350. The van der Waals surface area contributed by atoms with Crippen LogP contribution in [-0.4, -0.2) is 52.9 Å². The monoisotopic (exact) mass is 388 g/mol. The minimum Gasteiger partial charge on any atom is -0.494 e. The molecule has 0 spiro atoms. The summed E-state index contributed by atoms with van der Waals surface area (Å²) < 4.78 is 34.4. The Morgan fingerprint density at radius 1 is 1.00 bits per heavy atom. The molecule has 0 fully saturated rings. The maximum atomic E-state index is 11.6. The highest BCUT2D eigenvalue weighted by molar-refractivity contribution is 7.90. The molecule has 0 aliphatic carbocycles. The molecule has 27 heavy (non-hydrogen) atoms. The number of nitriles is 1. The Labute approximate surface area is 160 Å². The molecule has 144 valence electrons. The van der Waals surface area contributed by atoms with Crippen LogP contribution in [0.5, 0.6) is 11.5 Å². The van der Waals surface area contributed by atoms with Crippen LogP contribution in [0.4, 0.5) is 0 Å². The van der Waals surface area contributed by atoms with Crippen LogP contribution in [0.3, 0.4) is 0 Å². The van der Waals surface area contributed by atoms with Crippen LogP contribution >= 0.6 is 0 Å². The highest BCUT2D eigenvalue weighted by Gasteiger charge is 2.08. The summed E-state index contributed by atoms with van der Waals surface area (Å²) in [6, 6.07) is 15.7. The van der Waals surface area contributed by atoms with Gasteiger partial charge in [-0.3, -0.25) is 0 Å². The lowest BCUT2D eigenvalue weighted by molar-refractivity contribution is 0.219. The predicted molar refractivity (Wildman–Crippen MR) is 104 cm³/mol. The molecule has 0 unspecified atom stereocenters. The summed E-state index contributed by atoms with van der Waals surface area (Å²) >= 11 is 0. The van der Waals surface area contributed by atoms with Gasteiger partial charge in [-0.05, 0) is 49.9 Å². The average molecular weight is 388 g/mol. The SMILES string of the molecule is CN(CCCOc1cccc(S(C)(=O)=O)c1)CCOc1cccc(C#N)c1. The third-order valence-electron chi connectivity index (χ3n) is 3.89. The van der Waals surface area contributed by atoms with Crippen molar-refractivity contribution in [2.45, 2.75) is 11.3 Å². The standard InChI is InChI=1S/C20H24N2O4S/c1-22(11-13-26-18-7-3-6-17(14-18)16-21)10-5-12-25-19-8-4-9-20(15-19)27(2,23)24/h3-4,6-9,14-15H,5,10-13H2,1-2H3. The lowest BCUT2D eigenvalue weighted by Gasteiger charge is -2.17. The highest BCUT2D eigenvalue weighted by Crippen LogP contribution is 2.17. The second-order valence-electron chi connectivity index (χ2n) is 6.24. The molecule has 0 heterocycles. The zero-order valence-corrected chi connectivity index (χ0v) is 16.4. The molecule has 0 atom stereocenters. The smallest absolute Gasteiger partial charge is 0.175 e. The van der Waals surface area contributed by atoms with E-state index in [2.05, 4.69) is 11.0 Å². The van der Waals surface area contributed by atoms with E-state index < -0.39 is 9.84 Å². The summed E-state index contributed by atoms with van der Waals surface area (Å²) in [5.74, 6) is 1.25. The van der Waals surface area contributed by atoms with E-state index in [9.17, 15) is 8.42 Å². The number of hydrogen-bond donors (Lipinski definition) is 0. The fourth-order valence-electron chi connectivity index (χ4n) is 2.41. The van der Waals surface area contributed by atoms with Crippen molar-refractivity contribution < 1.29 is 17.9 Å². The molecule has 0 aromatic heterocycles. The van der Waals surface area contributed by atoms with Crippen LogP contribution in [-0.2, 0) is 9.84 Å². The molecule has 2 rings (SSSR count). The molecule has 0 N–H and O–H groups in total. The number of likely N-dealkylation sites (N-methyl/N-ethyl adjacent to an activating group) is 1. The molecule has 0 saturated heterocycles. The summed E-state index contributed by atoms with van der Waals surface area (Å²) in [5, 5.41) is 8.88. The Morgan fingerprint density at radius 3 is 2.37 bits per heavy atom. The van der Waals surface area contributed by atoms with Gasteiger partial charge in [-0.15, -0.1) is 0 Å². The van der Waals surface area contributed by atoms with Crippen LogP contribution in [0.15, 0.2) is 53.4 Å². The van der Waals surface area contributed by atoms with Gasteiger partial charge < -0.3 is 14.4 Å². The molecule has 6 nitrogen and oxygen atoms in total. The van der Waals surface area contributed by atoms with E-state index in [1.54, 1.807) is 42.5 Å². The van der Waals surface area contributed by atoms with E-state index in [0.29, 0.717) is 30.3 Å². The summed E-state index contributed by atoms with van der Waals surface area (Å²) in [6.07, 6.45) is 1.99. The number of rotatable bonds is 10. The topological polar surface area (TPSA) is 79.6 Å². The molecular weight excluding hydrogens is 364 g/mol. The van der Waals surface area contributed by atoms with Gasteiger partial charge in [0.15, 0.2) is 9.84 Å². The van der Waals surface area contributed by atoms with Gasteiger partial charge in [0.05, 0.1) is 23.1 Å². The van der Waals surface area contributed by atoms with Crippen LogP contribution in [0, 0.1) is 11.3 Å². The fourth-order valence-corrected chi connectivity index (χ4v) is 3.06. The van der Waals surface area contributed by atoms with Crippen molar-refractivity contribution in [3.05, 3.63) is 54.1 Å². The average Bonchev–Trinajstić information content (AvgIpc) is 2.65. The zero-order chi connectivity index (χ0) is 19.7. The normalized spacial score (nSPS) is 11.2. The second-order valence-corrected chi connectivity index (χ2v) is 8.26. The maximum absolute atomic E-state index is 11.6. The molecule has 2 aromatic carbocycles. The first kappa shape index (κ1) is 20.7. The van der Waals surface area contributed by atoms with Gasteiger partial charge in [0.2, 0.25) is 0 Å². The molecule has 2 aromatic rings. The van der Waals surface area contributed by atoms with E-state index >= 15 is 0 Å². The third kappa shape index (κ3) is 7.29. The van der Waals surface area contributed by atoms with Gasteiger partial charge in [-0.1, -0.05) is 12.1 Å². The van der Waals surface area contributed by atoms with Crippen molar-refractivity contribution in [2.24, 2.45) is 0 Å². The molecule has 0 bridgehead atoms. The number of sulfone groups is 1. The Balaban J connectivity index is 1.66. The van der Waals surface area contributed by atoms with E-state index in [1.807, 2.05) is 13.1 Å². The van der Waals surface area contributed by atoms with Crippen molar-refractivity contribution in [1.82, 2.24) is 4.90 Å². The van der Waals surface area contributed by atoms with E-state index in [1.165, 1.54) is 6.26 Å². The van der Waals surface area contributed by atoms with Crippen LogP contribution < -0.4 is 9.47 Å². The second kappa shape index (κ2) is 9.95. The Hall–Kier alpha value is -2.56. The zero-order valence-electron chi connectivity index (χ0n) is 15.6. The largest absolute Gasteiger partial charge is 0.494 e. The van der Waals surface area contributed by atoms with Gasteiger partial charge in [-0.25, -0.2) is 8.42 Å². The number of benzene rings is 2. The maximum Gasteiger partial charge on any atom is 0.175 e. The summed E-state index contributed by atoms with van der Waals surface area (Å²) in [4.78, 5) is 2.39. The first-order chi connectivity index (χ1) is 12.9. The Bertz CT molecular complexity index is 891. The van der Waals surface area contributed by atoms with Crippen molar-refractivity contribution >= 4 is 9.84 Å². The van der Waals surface area contributed by atoms with Crippen LogP contribution in [0.2, 0.25) is 0 Å². The molecular formula is C20H24N2O4S. The van der Waals surface area contributed by atoms with E-state index in [-0.39, 0.29) is 4.90 Å². The number of hydrogen-bond acceptors (Lipinski definition) is 6. The highest BCUT2D eigenvalue weighted by atomic mass is 32.2. The van der Waals surface area contributed by atoms with E-state index in [4.69, 9.17) is 14.7 Å². The number of ether oxygens (including phenoxy) is 2. The molecule has 7 heteroatoms. The first-order valence-corrected chi connectivity index (χ1v) is 10.5. The molecule has 0 saturated carbocycles. The summed E-state index contributed by atoms with van der Waals surface area (Å²) in [7, 11) is -1.23. The minimum absolute atomic E-state index is 0.259. The molecule has 0 aliphatic rings. The van der Waals surface area contributed by atoms with Gasteiger partial charge in [0.25, 0.3) is 0 Å². The quantitative estimate of drug-likeness (QED) is 0.582. The predicted octanol–water partition coefficient (Wildman–Crippen LogP) is 2.74. The van der Waals surface area contributed by atoms with Gasteiger partial charge in [-0.2, -0.15) is 5.26 Å². The number of nitrogens with zero attached hydrogens (tertiary/aromatic N) is 2. The first-order valence-electron chi connectivity index (χ1n) is 8.63. The third-order valence-corrected chi connectivity index (χ3v) is 5.00. The Kier molecular flexibility index (Phi) is 7.65. The van der Waals surface area contributed by atoms with Crippen molar-refractivity contribution in [3.8, 4) is 17.6 Å². The van der Waals surface area contributed by atoms with Crippen LogP contribution in [0.25, 0.3) is 0 Å². The summed E-state index contributed by atoms with van der Waals surface area (Å²) in [5.41, 5.74) is 0.581. The lowest BCUT2D eigenvalue weighted by Crippen LogP contribution is -2.26. The van der Waals surface area contributed by atoms with Crippen molar-refractivity contribution in [1.29, 1.82) is 5.26 Å².